The predicted molar refractivity (Wildman–Crippen MR) is 255 cm³/mol. The Morgan fingerprint density at radius 2 is 0.850 bits per heavy atom. The number of halogens is 2. The van der Waals surface area contributed by atoms with E-state index in [9.17, 15) is 0 Å². The molecule has 0 atom stereocenters. The van der Waals surface area contributed by atoms with Crippen LogP contribution in [-0.4, -0.2) is 5.43 Å². The van der Waals surface area contributed by atoms with Gasteiger partial charge in [-0.05, 0) is 101 Å². The molecule has 2 saturated carbocycles. The Bertz CT molecular complexity index is 2060. The van der Waals surface area contributed by atoms with Gasteiger partial charge >= 0.3 is 41.9 Å². The zero-order chi connectivity index (χ0) is 41.3. The fourth-order valence-electron chi connectivity index (χ4n) is 11.1. The number of rotatable bonds is 10. The van der Waals surface area contributed by atoms with Crippen molar-refractivity contribution in [3.63, 3.8) is 0 Å². The summed E-state index contributed by atoms with van der Waals surface area (Å²) in [5.74, 6) is 0. The van der Waals surface area contributed by atoms with Crippen LogP contribution in [0.4, 0.5) is 0 Å². The van der Waals surface area contributed by atoms with Crippen molar-refractivity contribution in [1.29, 1.82) is 0 Å². The van der Waals surface area contributed by atoms with Crippen LogP contribution in [-0.2, 0) is 36.2 Å². The van der Waals surface area contributed by atoms with Crippen LogP contribution < -0.4 is 24.8 Å². The van der Waals surface area contributed by atoms with Gasteiger partial charge in [0, 0.05) is 0 Å². The van der Waals surface area contributed by atoms with Crippen LogP contribution in [0.2, 0.25) is 13.1 Å². The van der Waals surface area contributed by atoms with E-state index in [0.717, 1.165) is 0 Å². The molecule has 320 valence electrons. The number of fused-ring (bicyclic) bond motifs is 2. The van der Waals surface area contributed by atoms with Crippen LogP contribution in [0, 0.1) is 38.5 Å². The largest absolute Gasteiger partial charge is 1.00 e. The third kappa shape index (κ3) is 13.4. The van der Waals surface area contributed by atoms with E-state index in [0.29, 0.717) is 10.8 Å². The third-order valence-electron chi connectivity index (χ3n) is 13.2. The molecule has 0 nitrogen and oxygen atoms in total. The Labute approximate surface area is 393 Å². The molecule has 0 aromatic heterocycles. The second-order valence-corrected chi connectivity index (χ2v) is 28.4. The summed E-state index contributed by atoms with van der Waals surface area (Å²) < 4.78 is 0. The van der Waals surface area contributed by atoms with Gasteiger partial charge in [0.1, 0.15) is 0 Å². The minimum atomic E-state index is 0. The average molecular weight is 935 g/mol. The molecule has 6 aromatic rings. The Kier molecular flexibility index (Phi) is 19.7. The van der Waals surface area contributed by atoms with Gasteiger partial charge in [0.2, 0.25) is 0 Å². The maximum Gasteiger partial charge on any atom is -1.00 e. The molecule has 4 heteroatoms. The number of hydrogen-bond acceptors (Lipinski definition) is 0. The summed E-state index contributed by atoms with van der Waals surface area (Å²) in [5.41, 5.74) is 15.3. The van der Waals surface area contributed by atoms with Crippen molar-refractivity contribution < 1.29 is 48.1 Å². The van der Waals surface area contributed by atoms with E-state index in [1.54, 1.807) is 34.5 Å². The number of hydrogen-bond donors (Lipinski definition) is 0. The van der Waals surface area contributed by atoms with E-state index >= 15 is 0 Å². The van der Waals surface area contributed by atoms with Crippen LogP contribution in [0.1, 0.15) is 137 Å². The molecule has 0 spiro atoms. The van der Waals surface area contributed by atoms with Gasteiger partial charge in [-0.1, -0.05) is 147 Å². The Balaban J connectivity index is 0.000000236. The SMILES string of the molecule is CCCC1(Cc2cc3c(-c4cc(C)cc(C)c4)cccc3[cH-]2)CCCCC1.CCCC1(Cc2cc3c(-c4cc(C)cc(C)c4)cccc3[cH-]2)CCCCC1.C[Si](C)=[Zr+2].[Cl-].[Cl-]. The first-order valence-electron chi connectivity index (χ1n) is 23.0. The van der Waals surface area contributed by atoms with Crippen LogP contribution >= 0.6 is 0 Å². The molecule has 0 N–H and O–H groups in total. The van der Waals surface area contributed by atoms with E-state index in [1.807, 2.05) is 0 Å². The van der Waals surface area contributed by atoms with E-state index < -0.39 is 0 Å². The minimum absolute atomic E-state index is 0. The maximum absolute atomic E-state index is 2.49. The van der Waals surface area contributed by atoms with Gasteiger partial charge in [0.25, 0.3) is 0 Å². The van der Waals surface area contributed by atoms with E-state index in [-0.39, 0.29) is 30.2 Å². The normalized spacial score (nSPS) is 15.5. The van der Waals surface area contributed by atoms with Gasteiger partial charge in [-0.3, -0.25) is 0 Å². The Hall–Kier alpha value is -2.22. The van der Waals surface area contributed by atoms with Crippen molar-refractivity contribution in [3.05, 3.63) is 130 Å². The van der Waals surface area contributed by atoms with Crippen LogP contribution in [0.5, 0.6) is 0 Å². The molecule has 0 heterocycles. The maximum atomic E-state index is 2.49. The molecule has 6 aromatic carbocycles. The van der Waals surface area contributed by atoms with Crippen LogP contribution in [0.3, 0.4) is 0 Å². The summed E-state index contributed by atoms with van der Waals surface area (Å²) in [6, 6.07) is 37.4. The summed E-state index contributed by atoms with van der Waals surface area (Å²) in [6.45, 7) is 18.1. The predicted octanol–water partition coefficient (Wildman–Crippen LogP) is 11.1. The Morgan fingerprint density at radius 1 is 0.517 bits per heavy atom. The second kappa shape index (κ2) is 23.5. The summed E-state index contributed by atoms with van der Waals surface area (Å²) in [7, 11) is 0. The van der Waals surface area contributed by atoms with Crippen LogP contribution in [0.15, 0.2) is 97.1 Å². The molecular formula is C56H72Cl2SiZr-2. The quantitative estimate of drug-likeness (QED) is 0.0949. The fourth-order valence-corrected chi connectivity index (χ4v) is 11.1. The smallest absolute Gasteiger partial charge is 1.00 e. The molecule has 2 aliphatic rings. The molecule has 0 saturated heterocycles. The first-order valence-corrected chi connectivity index (χ1v) is 29.1. The molecule has 0 bridgehead atoms. The fraction of sp³-hybridized carbons (Fsp3) is 0.464. The van der Waals surface area contributed by atoms with E-state index in [1.165, 1.54) is 169 Å². The summed E-state index contributed by atoms with van der Waals surface area (Å²) >= 11 is 1.74. The van der Waals surface area contributed by atoms with Crippen molar-refractivity contribution in [2.75, 3.05) is 0 Å². The molecule has 60 heavy (non-hydrogen) atoms. The second-order valence-electron chi connectivity index (χ2n) is 19.1. The minimum Gasteiger partial charge on any atom is -1.00 e. The van der Waals surface area contributed by atoms with Gasteiger partial charge in [0.05, 0.1) is 0 Å². The molecule has 0 aliphatic heterocycles. The summed E-state index contributed by atoms with van der Waals surface area (Å²) in [5, 5.41) is 5.67. The Morgan fingerprint density at radius 3 is 1.17 bits per heavy atom. The average Bonchev–Trinajstić information content (AvgIpc) is 3.78. The zero-order valence-electron chi connectivity index (χ0n) is 38.3. The molecule has 0 amide bonds. The van der Waals surface area contributed by atoms with Gasteiger partial charge < -0.3 is 24.8 Å². The van der Waals surface area contributed by atoms with Crippen molar-refractivity contribution in [1.82, 2.24) is 0 Å². The standard InChI is InChI=1S/2C27H33.C2H6Si.2ClH.Zr/c2*1-4-11-27(12-6-5-7-13-27)19-22-17-23-9-8-10-25(26(23)18-22)24-15-20(2)14-21(3)16-24;1-3-2;;;/h2*8-10,14-18H,4-7,11-13,19H2,1-3H3;1-2H3;2*1H;/q2*-1;;;;+2/p-2. The number of aryl methyl sites for hydroxylation is 4. The molecule has 2 aliphatic carbocycles. The van der Waals surface area contributed by atoms with Gasteiger partial charge in [-0.15, -0.1) is 69.1 Å². The zero-order valence-corrected chi connectivity index (χ0v) is 43.3. The first-order chi connectivity index (χ1) is 27.9. The summed E-state index contributed by atoms with van der Waals surface area (Å²) in [4.78, 5) is 0. The van der Waals surface area contributed by atoms with Gasteiger partial charge in [0.15, 0.2) is 0 Å². The number of benzene rings is 4. The molecule has 8 rings (SSSR count). The monoisotopic (exact) mass is 932 g/mol. The molecule has 0 unspecified atom stereocenters. The molecular weight excluding hydrogens is 863 g/mol. The van der Waals surface area contributed by atoms with Crippen molar-refractivity contribution in [3.8, 4) is 22.3 Å². The van der Waals surface area contributed by atoms with E-state index in [2.05, 4.69) is 152 Å². The van der Waals surface area contributed by atoms with Crippen molar-refractivity contribution >= 4 is 27.0 Å². The van der Waals surface area contributed by atoms with Crippen molar-refractivity contribution in [2.45, 2.75) is 157 Å². The van der Waals surface area contributed by atoms with Gasteiger partial charge in [-0.25, -0.2) is 0 Å². The third-order valence-corrected chi connectivity index (χ3v) is 13.2. The summed E-state index contributed by atoms with van der Waals surface area (Å²) in [6.07, 6.45) is 22.2. The van der Waals surface area contributed by atoms with Crippen molar-refractivity contribution in [2.24, 2.45) is 10.8 Å². The first kappa shape index (κ1) is 50.4. The van der Waals surface area contributed by atoms with Crippen LogP contribution in [0.25, 0.3) is 43.8 Å². The molecule has 0 radical (unpaired) electrons. The van der Waals surface area contributed by atoms with Gasteiger partial charge in [-0.2, -0.15) is 12.1 Å². The molecule has 2 fully saturated rings. The topological polar surface area (TPSA) is 0 Å². The van der Waals surface area contributed by atoms with E-state index in [4.69, 9.17) is 0 Å².